The van der Waals surface area contributed by atoms with Crippen LogP contribution in [0.25, 0.3) is 0 Å². The van der Waals surface area contributed by atoms with E-state index >= 15 is 0 Å². The van der Waals surface area contributed by atoms with Gasteiger partial charge in [-0.25, -0.2) is 0 Å². The third-order valence-corrected chi connectivity index (χ3v) is 9.41. The molecule has 13 N–H and O–H groups in total. The average molecular weight is 799 g/mol. The van der Waals surface area contributed by atoms with Crippen molar-refractivity contribution in [3.05, 3.63) is 0 Å². The molecule has 4 fully saturated rings. The third kappa shape index (κ3) is 11.2. The van der Waals surface area contributed by atoms with Gasteiger partial charge in [0.2, 0.25) is 0 Å². The number of ether oxygens (including phenoxy) is 10. The fourth-order valence-corrected chi connectivity index (χ4v) is 6.55. The van der Waals surface area contributed by atoms with Gasteiger partial charge in [0.25, 0.3) is 0 Å². The van der Waals surface area contributed by atoms with Gasteiger partial charge in [-0.05, 0) is 6.92 Å². The second-order valence-electron chi connectivity index (χ2n) is 12.9. The molecule has 320 valence electrons. The molecular formula is C31H58O23. The summed E-state index contributed by atoms with van der Waals surface area (Å²) >= 11 is 0. The number of aliphatic hydroxyl groups is 13. The molecule has 0 aromatic rings. The Bertz CT molecular complexity index is 1030. The van der Waals surface area contributed by atoms with Crippen LogP contribution in [0.5, 0.6) is 0 Å². The number of hydrogen-bond acceptors (Lipinski definition) is 23. The van der Waals surface area contributed by atoms with Gasteiger partial charge in [-0.2, -0.15) is 0 Å². The van der Waals surface area contributed by atoms with Gasteiger partial charge in [0.15, 0.2) is 18.9 Å². The van der Waals surface area contributed by atoms with Crippen molar-refractivity contribution in [2.24, 2.45) is 0 Å². The maximum Gasteiger partial charge on any atom is 0.187 e. The number of rotatable bonds is 16. The molecule has 0 aromatic carbocycles. The zero-order chi connectivity index (χ0) is 40.3. The summed E-state index contributed by atoms with van der Waals surface area (Å²) in [6.07, 6.45) is -29.3. The minimum atomic E-state index is -1.95. The molecule has 4 aliphatic rings. The quantitative estimate of drug-likeness (QED) is 0.0689. The molecule has 0 amide bonds. The van der Waals surface area contributed by atoms with Crippen LogP contribution in [0.2, 0.25) is 0 Å². The molecular weight excluding hydrogens is 740 g/mol. The van der Waals surface area contributed by atoms with Gasteiger partial charge in [-0.1, -0.05) is 0 Å². The topological polar surface area (TPSA) is 355 Å². The molecule has 20 atom stereocenters. The first-order chi connectivity index (χ1) is 25.8. The summed E-state index contributed by atoms with van der Waals surface area (Å²) in [7, 11) is 2.50. The van der Waals surface area contributed by atoms with Crippen LogP contribution >= 0.6 is 0 Å². The Balaban J connectivity index is 0.00000186. The first-order valence-corrected chi connectivity index (χ1v) is 17.4. The van der Waals surface area contributed by atoms with Crippen molar-refractivity contribution in [1.82, 2.24) is 0 Å². The Morgan fingerprint density at radius 1 is 0.426 bits per heavy atom. The van der Waals surface area contributed by atoms with Gasteiger partial charge >= 0.3 is 0 Å². The molecule has 23 nitrogen and oxygen atoms in total. The lowest BCUT2D eigenvalue weighted by Crippen LogP contribution is -2.67. The SMILES string of the molecule is COC1C(CO)OC(OCC2OC(OC3C(CO)OC(C)C(O)C3O)C(O)C(O)C2OC2OC(CO)C(OC)C(O)C2OCCO)C(O)C1O.OCCO. The molecule has 0 bridgehead atoms. The highest BCUT2D eigenvalue weighted by atomic mass is 16.8. The lowest BCUT2D eigenvalue weighted by Gasteiger charge is -2.49. The highest BCUT2D eigenvalue weighted by molar-refractivity contribution is 4.98. The van der Waals surface area contributed by atoms with E-state index in [0.29, 0.717) is 0 Å². The van der Waals surface area contributed by atoms with E-state index in [1.54, 1.807) is 0 Å². The molecule has 0 aromatic heterocycles. The van der Waals surface area contributed by atoms with Gasteiger partial charge in [-0.3, -0.25) is 0 Å². The molecule has 4 aliphatic heterocycles. The summed E-state index contributed by atoms with van der Waals surface area (Å²) in [5.41, 5.74) is 0. The van der Waals surface area contributed by atoms with E-state index in [-0.39, 0.29) is 19.8 Å². The van der Waals surface area contributed by atoms with Crippen molar-refractivity contribution in [1.29, 1.82) is 0 Å². The summed E-state index contributed by atoms with van der Waals surface area (Å²) in [4.78, 5) is 0. The molecule has 4 heterocycles. The number of aliphatic hydroxyl groups excluding tert-OH is 13. The standard InChI is InChI=1S/C29H52O21.C2H6O2/c1-10-15(34)16(35)24(13(8-33)45-10)49-28-20(39)18(37)25(50-29-26(43-5-4-30)21(40)23(42-3)12(7-32)47-29)14(48-28)9-44-27-19(38)17(36)22(41-2)11(6-31)46-27;3-1-2-4/h10-40H,4-9H2,1-3H3;3-4H,1-2H2. The normalized spacial score (nSPS) is 45.8. The Morgan fingerprint density at radius 3 is 1.41 bits per heavy atom. The fraction of sp³-hybridized carbons (Fsp3) is 1.00. The van der Waals surface area contributed by atoms with Gasteiger partial charge in [0.05, 0.1) is 59.0 Å². The van der Waals surface area contributed by atoms with Crippen LogP contribution in [-0.2, 0) is 47.4 Å². The fourth-order valence-electron chi connectivity index (χ4n) is 6.55. The van der Waals surface area contributed by atoms with Gasteiger partial charge in [0.1, 0.15) is 97.7 Å². The molecule has 0 radical (unpaired) electrons. The molecule has 54 heavy (non-hydrogen) atoms. The highest BCUT2D eigenvalue weighted by Crippen LogP contribution is 2.34. The highest BCUT2D eigenvalue weighted by Gasteiger charge is 2.54. The summed E-state index contributed by atoms with van der Waals surface area (Å²) < 4.78 is 56.4. The van der Waals surface area contributed by atoms with Crippen molar-refractivity contribution >= 4 is 0 Å². The van der Waals surface area contributed by atoms with Crippen molar-refractivity contribution in [3.63, 3.8) is 0 Å². The van der Waals surface area contributed by atoms with Crippen molar-refractivity contribution in [2.45, 2.75) is 130 Å². The van der Waals surface area contributed by atoms with E-state index in [1.165, 1.54) is 21.1 Å². The predicted molar refractivity (Wildman–Crippen MR) is 172 cm³/mol. The van der Waals surface area contributed by atoms with E-state index in [2.05, 4.69) is 0 Å². The first kappa shape index (κ1) is 47.5. The van der Waals surface area contributed by atoms with E-state index in [1.807, 2.05) is 0 Å². The third-order valence-electron chi connectivity index (χ3n) is 9.41. The minimum absolute atomic E-state index is 0.125. The van der Waals surface area contributed by atoms with Gasteiger partial charge < -0.3 is 114 Å². The summed E-state index contributed by atoms with van der Waals surface area (Å²) in [6, 6.07) is 0. The molecule has 4 rings (SSSR count). The molecule has 0 aliphatic carbocycles. The van der Waals surface area contributed by atoms with Gasteiger partial charge in [0, 0.05) is 14.2 Å². The van der Waals surface area contributed by atoms with Crippen LogP contribution < -0.4 is 0 Å². The van der Waals surface area contributed by atoms with E-state index < -0.39 is 156 Å². The average Bonchev–Trinajstić information content (AvgIpc) is 3.17. The Labute approximate surface area is 310 Å². The molecule has 0 saturated carbocycles. The zero-order valence-corrected chi connectivity index (χ0v) is 30.1. The van der Waals surface area contributed by atoms with Gasteiger partial charge in [-0.15, -0.1) is 0 Å². The maximum atomic E-state index is 11.4. The zero-order valence-electron chi connectivity index (χ0n) is 30.1. The van der Waals surface area contributed by atoms with E-state index in [0.717, 1.165) is 0 Å². The molecule has 20 unspecified atom stereocenters. The van der Waals surface area contributed by atoms with Crippen molar-refractivity contribution < 1.29 is 114 Å². The first-order valence-electron chi connectivity index (χ1n) is 17.4. The second kappa shape index (κ2) is 22.9. The molecule has 23 heteroatoms. The monoisotopic (exact) mass is 798 g/mol. The van der Waals surface area contributed by atoms with Crippen LogP contribution in [0, 0.1) is 0 Å². The smallest absolute Gasteiger partial charge is 0.187 e. The largest absolute Gasteiger partial charge is 0.394 e. The maximum absolute atomic E-state index is 11.4. The molecule has 4 saturated heterocycles. The van der Waals surface area contributed by atoms with Crippen LogP contribution in [-0.4, -0.2) is 256 Å². The number of hydrogen-bond donors (Lipinski definition) is 13. The Kier molecular flexibility index (Phi) is 20.1. The lowest BCUT2D eigenvalue weighted by atomic mass is 9.94. The Morgan fingerprint density at radius 2 is 0.870 bits per heavy atom. The van der Waals surface area contributed by atoms with E-state index in [4.69, 9.17) is 57.6 Å². The number of methoxy groups -OCH3 is 2. The lowest BCUT2D eigenvalue weighted by molar-refractivity contribution is -0.381. The van der Waals surface area contributed by atoms with Crippen LogP contribution in [0.4, 0.5) is 0 Å². The predicted octanol–water partition coefficient (Wildman–Crippen LogP) is -8.38. The van der Waals surface area contributed by atoms with E-state index in [9.17, 15) is 56.2 Å². The van der Waals surface area contributed by atoms with Crippen molar-refractivity contribution in [2.75, 3.05) is 67.1 Å². The summed E-state index contributed by atoms with van der Waals surface area (Å²) in [5, 5.41) is 130. The summed E-state index contributed by atoms with van der Waals surface area (Å²) in [5.74, 6) is 0. The minimum Gasteiger partial charge on any atom is -0.394 e. The van der Waals surface area contributed by atoms with Crippen molar-refractivity contribution in [3.8, 4) is 0 Å². The summed E-state index contributed by atoms with van der Waals surface area (Å²) in [6.45, 7) is -2.13. The van der Waals surface area contributed by atoms with Crippen LogP contribution in [0.1, 0.15) is 6.92 Å². The van der Waals surface area contributed by atoms with Crippen LogP contribution in [0.3, 0.4) is 0 Å². The second-order valence-corrected chi connectivity index (χ2v) is 12.9. The molecule has 0 spiro atoms. The Hall–Kier alpha value is -0.920. The van der Waals surface area contributed by atoms with Crippen LogP contribution in [0.15, 0.2) is 0 Å².